The Morgan fingerprint density at radius 2 is 2.21 bits per heavy atom. The Hall–Kier alpha value is -1.34. The highest BCUT2D eigenvalue weighted by atomic mass is 16.4. The summed E-state index contributed by atoms with van der Waals surface area (Å²) in [5.41, 5.74) is 0. The van der Waals surface area contributed by atoms with E-state index in [1.165, 1.54) is 0 Å². The molecule has 0 aliphatic carbocycles. The van der Waals surface area contributed by atoms with Crippen molar-refractivity contribution >= 4 is 12.0 Å². The summed E-state index contributed by atoms with van der Waals surface area (Å²) in [6.45, 7) is 1.87. The Bertz CT molecular complexity index is 309. The predicted molar refractivity (Wildman–Crippen MR) is 69.9 cm³/mol. The zero-order valence-corrected chi connectivity index (χ0v) is 11.3. The normalized spacial score (nSPS) is 20.9. The fourth-order valence-electron chi connectivity index (χ4n) is 2.33. The van der Waals surface area contributed by atoms with E-state index in [9.17, 15) is 9.59 Å². The lowest BCUT2D eigenvalue weighted by molar-refractivity contribution is -0.139. The van der Waals surface area contributed by atoms with Crippen LogP contribution in [0.5, 0.6) is 0 Å². The van der Waals surface area contributed by atoms with E-state index >= 15 is 0 Å². The highest BCUT2D eigenvalue weighted by Crippen LogP contribution is 2.15. The summed E-state index contributed by atoms with van der Waals surface area (Å²) in [5, 5.41) is 23.3. The van der Waals surface area contributed by atoms with Crippen molar-refractivity contribution in [3.05, 3.63) is 0 Å². The molecule has 0 radical (unpaired) electrons. The van der Waals surface area contributed by atoms with Crippen LogP contribution < -0.4 is 10.6 Å². The molecule has 0 aromatic heterocycles. The summed E-state index contributed by atoms with van der Waals surface area (Å²) >= 11 is 0. The van der Waals surface area contributed by atoms with Crippen molar-refractivity contribution in [1.82, 2.24) is 15.5 Å². The van der Waals surface area contributed by atoms with Gasteiger partial charge in [0.25, 0.3) is 0 Å². The molecule has 1 aliphatic heterocycles. The van der Waals surface area contributed by atoms with Crippen LogP contribution in [0.2, 0.25) is 0 Å². The van der Waals surface area contributed by atoms with E-state index in [0.717, 1.165) is 19.4 Å². The molecule has 0 bridgehead atoms. The third-order valence-corrected chi connectivity index (χ3v) is 3.31. The minimum absolute atomic E-state index is 0.0227. The number of carboxylic acids is 1. The number of aliphatic hydroxyl groups is 1. The van der Waals surface area contributed by atoms with Crippen molar-refractivity contribution in [2.45, 2.75) is 25.3 Å². The lowest BCUT2D eigenvalue weighted by atomic mass is 9.98. The number of aliphatic carboxylic acids is 1. The first-order valence-electron chi connectivity index (χ1n) is 6.62. The maximum Gasteiger partial charge on any atom is 0.326 e. The fraction of sp³-hybridized carbons (Fsp3) is 0.833. The van der Waals surface area contributed by atoms with Crippen molar-refractivity contribution in [2.24, 2.45) is 5.92 Å². The topological polar surface area (TPSA) is 102 Å². The van der Waals surface area contributed by atoms with Crippen molar-refractivity contribution in [3.63, 3.8) is 0 Å². The van der Waals surface area contributed by atoms with Crippen LogP contribution in [0.1, 0.15) is 19.3 Å². The second kappa shape index (κ2) is 7.96. The van der Waals surface area contributed by atoms with E-state index in [-0.39, 0.29) is 19.1 Å². The number of hydrogen-bond donors (Lipinski definition) is 4. The summed E-state index contributed by atoms with van der Waals surface area (Å²) in [4.78, 5) is 24.6. The van der Waals surface area contributed by atoms with Gasteiger partial charge in [0.1, 0.15) is 6.04 Å². The smallest absolute Gasteiger partial charge is 0.326 e. The average molecular weight is 273 g/mol. The highest BCUT2D eigenvalue weighted by Gasteiger charge is 2.26. The number of amides is 2. The second-order valence-corrected chi connectivity index (χ2v) is 4.86. The lowest BCUT2D eigenvalue weighted by Crippen LogP contribution is -2.51. The Labute approximate surface area is 113 Å². The van der Waals surface area contributed by atoms with Gasteiger partial charge in [0.15, 0.2) is 0 Å². The number of likely N-dealkylation sites (tertiary alicyclic amines) is 1. The number of piperidine rings is 1. The van der Waals surface area contributed by atoms with E-state index in [4.69, 9.17) is 10.2 Å². The molecule has 0 aromatic rings. The van der Waals surface area contributed by atoms with Gasteiger partial charge in [-0.25, -0.2) is 9.59 Å². The highest BCUT2D eigenvalue weighted by molar-refractivity contribution is 5.82. The van der Waals surface area contributed by atoms with Gasteiger partial charge in [0.2, 0.25) is 0 Å². The number of rotatable bonds is 6. The van der Waals surface area contributed by atoms with Gasteiger partial charge in [-0.2, -0.15) is 0 Å². The van der Waals surface area contributed by atoms with Crippen LogP contribution in [-0.4, -0.2) is 66.4 Å². The van der Waals surface area contributed by atoms with Crippen molar-refractivity contribution in [2.75, 3.05) is 33.3 Å². The molecule has 1 unspecified atom stereocenters. The Balaban J connectivity index is 2.49. The molecule has 1 aliphatic rings. The van der Waals surface area contributed by atoms with E-state index in [2.05, 4.69) is 10.6 Å². The number of hydrogen-bond acceptors (Lipinski definition) is 4. The molecular formula is C12H23N3O4. The number of carbonyl (C=O) groups is 2. The van der Waals surface area contributed by atoms with Crippen LogP contribution in [0.15, 0.2) is 0 Å². The van der Waals surface area contributed by atoms with Gasteiger partial charge < -0.3 is 25.7 Å². The number of nitrogens with zero attached hydrogens (tertiary/aromatic N) is 1. The van der Waals surface area contributed by atoms with E-state index in [1.54, 1.807) is 4.90 Å². The minimum atomic E-state index is -1.12. The largest absolute Gasteiger partial charge is 0.480 e. The molecule has 0 aromatic carbocycles. The fourth-order valence-corrected chi connectivity index (χ4v) is 2.33. The number of carbonyl (C=O) groups excluding carboxylic acids is 1. The molecule has 19 heavy (non-hydrogen) atoms. The monoisotopic (exact) mass is 273 g/mol. The molecule has 0 saturated carbocycles. The van der Waals surface area contributed by atoms with Crippen LogP contribution in [-0.2, 0) is 4.79 Å². The van der Waals surface area contributed by atoms with Gasteiger partial charge in [-0.3, -0.25) is 0 Å². The van der Waals surface area contributed by atoms with Gasteiger partial charge in [0, 0.05) is 26.1 Å². The summed E-state index contributed by atoms with van der Waals surface area (Å²) in [7, 11) is 1.88. The van der Waals surface area contributed by atoms with E-state index in [1.807, 2.05) is 7.05 Å². The van der Waals surface area contributed by atoms with Crippen LogP contribution in [0.3, 0.4) is 0 Å². The number of nitrogens with one attached hydrogen (secondary N) is 2. The van der Waals surface area contributed by atoms with Gasteiger partial charge in [-0.15, -0.1) is 0 Å². The molecule has 1 rings (SSSR count). The van der Waals surface area contributed by atoms with Gasteiger partial charge >= 0.3 is 12.0 Å². The van der Waals surface area contributed by atoms with Crippen molar-refractivity contribution in [1.29, 1.82) is 0 Å². The second-order valence-electron chi connectivity index (χ2n) is 4.86. The standard InChI is InChI=1S/C12H23N3O4/c1-13-7-9-3-2-5-15(8-9)12(19)14-10(4-6-16)11(17)18/h9-10,13,16H,2-8H2,1H3,(H,14,19)(H,17,18)/t9?,10-/m0/s1. The number of aliphatic hydroxyl groups excluding tert-OH is 1. The molecule has 110 valence electrons. The SMILES string of the molecule is CNCC1CCCN(C(=O)N[C@@H](CCO)C(=O)O)C1. The zero-order chi connectivity index (χ0) is 14.3. The lowest BCUT2D eigenvalue weighted by Gasteiger charge is -2.33. The molecular weight excluding hydrogens is 250 g/mol. The third kappa shape index (κ3) is 5.04. The summed E-state index contributed by atoms with van der Waals surface area (Å²) in [5.74, 6) is -0.711. The van der Waals surface area contributed by atoms with Gasteiger partial charge in [-0.05, 0) is 32.4 Å². The first kappa shape index (κ1) is 15.7. The Kier molecular flexibility index (Phi) is 6.58. The first-order valence-corrected chi connectivity index (χ1v) is 6.62. The molecule has 1 fully saturated rings. The van der Waals surface area contributed by atoms with Crippen LogP contribution in [0.25, 0.3) is 0 Å². The van der Waals surface area contributed by atoms with E-state index in [0.29, 0.717) is 19.0 Å². The molecule has 1 saturated heterocycles. The van der Waals surface area contributed by atoms with Crippen LogP contribution in [0, 0.1) is 5.92 Å². The van der Waals surface area contributed by atoms with E-state index < -0.39 is 12.0 Å². The molecule has 1 heterocycles. The molecule has 7 nitrogen and oxygen atoms in total. The quantitative estimate of drug-likeness (QED) is 0.521. The Morgan fingerprint density at radius 3 is 2.79 bits per heavy atom. The van der Waals surface area contributed by atoms with Crippen LogP contribution >= 0.6 is 0 Å². The van der Waals surface area contributed by atoms with Gasteiger partial charge in [0.05, 0.1) is 0 Å². The molecule has 7 heteroatoms. The van der Waals surface area contributed by atoms with Crippen LogP contribution in [0.4, 0.5) is 4.79 Å². The average Bonchev–Trinajstić information content (AvgIpc) is 2.38. The number of carboxylic acid groups (broad SMARTS) is 1. The summed E-state index contributed by atoms with van der Waals surface area (Å²) < 4.78 is 0. The molecule has 2 amide bonds. The molecule has 4 N–H and O–H groups in total. The maximum absolute atomic E-state index is 12.0. The Morgan fingerprint density at radius 1 is 1.47 bits per heavy atom. The molecule has 0 spiro atoms. The van der Waals surface area contributed by atoms with Crippen molar-refractivity contribution in [3.8, 4) is 0 Å². The minimum Gasteiger partial charge on any atom is -0.480 e. The predicted octanol–water partition coefficient (Wildman–Crippen LogP) is -0.537. The third-order valence-electron chi connectivity index (χ3n) is 3.31. The summed E-state index contributed by atoms with van der Waals surface area (Å²) in [6.07, 6.45) is 2.02. The molecule has 2 atom stereocenters. The first-order chi connectivity index (χ1) is 9.08. The summed E-state index contributed by atoms with van der Waals surface area (Å²) in [6, 6.07) is -1.39. The number of urea groups is 1. The maximum atomic E-state index is 12.0. The van der Waals surface area contributed by atoms with Crippen molar-refractivity contribution < 1.29 is 19.8 Å². The zero-order valence-electron chi connectivity index (χ0n) is 11.3. The van der Waals surface area contributed by atoms with Gasteiger partial charge in [-0.1, -0.05) is 0 Å².